The second-order valence-corrected chi connectivity index (χ2v) is 3.95. The van der Waals surface area contributed by atoms with Crippen LogP contribution in [0.5, 0.6) is 0 Å². The molecule has 0 unspecified atom stereocenters. The quantitative estimate of drug-likeness (QED) is 0.830. The van der Waals surface area contributed by atoms with Crippen molar-refractivity contribution in [2.45, 2.75) is 13.5 Å². The number of nitrogens with zero attached hydrogens (tertiary/aromatic N) is 2. The Hall–Kier alpha value is -2.43. The number of aromatic nitrogens is 2. The SMILES string of the molecule is Cc1cccc(NC(=O)Cn2ccnc2C=O)c1. The zero-order valence-corrected chi connectivity index (χ0v) is 9.96. The second kappa shape index (κ2) is 5.27. The van der Waals surface area contributed by atoms with Crippen molar-refractivity contribution in [2.24, 2.45) is 0 Å². The van der Waals surface area contributed by atoms with Crippen LogP contribution < -0.4 is 5.32 Å². The molecule has 18 heavy (non-hydrogen) atoms. The van der Waals surface area contributed by atoms with Gasteiger partial charge in [-0.1, -0.05) is 12.1 Å². The van der Waals surface area contributed by atoms with E-state index >= 15 is 0 Å². The molecule has 1 heterocycles. The number of imidazole rings is 1. The summed E-state index contributed by atoms with van der Waals surface area (Å²) in [7, 11) is 0. The number of benzene rings is 1. The minimum atomic E-state index is -0.193. The molecule has 2 rings (SSSR count). The van der Waals surface area contributed by atoms with E-state index in [1.165, 1.54) is 10.8 Å². The van der Waals surface area contributed by atoms with E-state index in [9.17, 15) is 9.59 Å². The molecule has 0 aliphatic carbocycles. The van der Waals surface area contributed by atoms with Crippen molar-refractivity contribution in [3.8, 4) is 0 Å². The maximum Gasteiger partial charge on any atom is 0.244 e. The van der Waals surface area contributed by atoms with Crippen LogP contribution in [0.15, 0.2) is 36.7 Å². The topological polar surface area (TPSA) is 64.0 Å². The molecule has 0 bridgehead atoms. The maximum absolute atomic E-state index is 11.8. The van der Waals surface area contributed by atoms with E-state index in [2.05, 4.69) is 10.3 Å². The third-order valence-corrected chi connectivity index (χ3v) is 2.47. The minimum absolute atomic E-state index is 0.0714. The number of hydrogen-bond acceptors (Lipinski definition) is 3. The van der Waals surface area contributed by atoms with E-state index in [-0.39, 0.29) is 18.3 Å². The summed E-state index contributed by atoms with van der Waals surface area (Å²) in [6, 6.07) is 7.53. The monoisotopic (exact) mass is 243 g/mol. The van der Waals surface area contributed by atoms with Crippen molar-refractivity contribution >= 4 is 17.9 Å². The average molecular weight is 243 g/mol. The van der Waals surface area contributed by atoms with Crippen LogP contribution in [0.4, 0.5) is 5.69 Å². The standard InChI is InChI=1S/C13H13N3O2/c1-10-3-2-4-11(7-10)15-13(18)8-16-6-5-14-12(16)9-17/h2-7,9H,8H2,1H3,(H,15,18). The molecule has 1 aromatic carbocycles. The molecule has 0 saturated carbocycles. The minimum Gasteiger partial charge on any atom is -0.325 e. The number of aldehydes is 1. The first-order chi connectivity index (χ1) is 8.69. The zero-order valence-electron chi connectivity index (χ0n) is 9.96. The van der Waals surface area contributed by atoms with Gasteiger partial charge in [-0.3, -0.25) is 9.59 Å². The summed E-state index contributed by atoms with van der Waals surface area (Å²) >= 11 is 0. The normalized spacial score (nSPS) is 10.1. The summed E-state index contributed by atoms with van der Waals surface area (Å²) in [5, 5.41) is 2.77. The third-order valence-electron chi connectivity index (χ3n) is 2.47. The van der Waals surface area contributed by atoms with Crippen molar-refractivity contribution in [3.63, 3.8) is 0 Å². The molecule has 5 heteroatoms. The summed E-state index contributed by atoms with van der Waals surface area (Å²) < 4.78 is 1.50. The van der Waals surface area contributed by atoms with Gasteiger partial charge in [0.25, 0.3) is 0 Å². The van der Waals surface area contributed by atoms with Crippen LogP contribution in [0.3, 0.4) is 0 Å². The van der Waals surface area contributed by atoms with Crippen LogP contribution in [0.1, 0.15) is 16.2 Å². The number of nitrogens with one attached hydrogen (secondary N) is 1. The molecule has 2 aromatic rings. The fourth-order valence-corrected chi connectivity index (χ4v) is 1.65. The number of carbonyl (C=O) groups excluding carboxylic acids is 2. The first-order valence-electron chi connectivity index (χ1n) is 5.52. The lowest BCUT2D eigenvalue weighted by Crippen LogP contribution is -2.19. The van der Waals surface area contributed by atoms with Crippen LogP contribution in [0, 0.1) is 6.92 Å². The fourth-order valence-electron chi connectivity index (χ4n) is 1.65. The van der Waals surface area contributed by atoms with Gasteiger partial charge in [0.15, 0.2) is 12.1 Å². The average Bonchev–Trinajstić information content (AvgIpc) is 2.76. The predicted molar refractivity (Wildman–Crippen MR) is 67.4 cm³/mol. The Balaban J connectivity index is 2.03. The van der Waals surface area contributed by atoms with Crippen molar-refractivity contribution in [2.75, 3.05) is 5.32 Å². The Labute approximate surface area is 104 Å². The Morgan fingerprint density at radius 3 is 3.06 bits per heavy atom. The van der Waals surface area contributed by atoms with Crippen LogP contribution in [-0.4, -0.2) is 21.7 Å². The molecule has 0 aliphatic rings. The molecule has 0 saturated heterocycles. The molecule has 1 aromatic heterocycles. The van der Waals surface area contributed by atoms with Gasteiger partial charge >= 0.3 is 0 Å². The largest absolute Gasteiger partial charge is 0.325 e. The molecule has 5 nitrogen and oxygen atoms in total. The number of anilines is 1. The predicted octanol–water partition coefficient (Wildman–Crippen LogP) is 1.64. The van der Waals surface area contributed by atoms with Crippen molar-refractivity contribution in [1.82, 2.24) is 9.55 Å². The van der Waals surface area contributed by atoms with Crippen LogP contribution in [-0.2, 0) is 11.3 Å². The van der Waals surface area contributed by atoms with Crippen LogP contribution >= 0.6 is 0 Å². The van der Waals surface area contributed by atoms with E-state index in [0.29, 0.717) is 6.29 Å². The van der Waals surface area contributed by atoms with E-state index < -0.39 is 0 Å². The molecular weight excluding hydrogens is 230 g/mol. The van der Waals surface area contributed by atoms with Gasteiger partial charge in [-0.2, -0.15) is 0 Å². The Kier molecular flexibility index (Phi) is 3.52. The van der Waals surface area contributed by atoms with Crippen molar-refractivity contribution in [3.05, 3.63) is 48.0 Å². The van der Waals surface area contributed by atoms with Gasteiger partial charge in [0, 0.05) is 18.1 Å². The van der Waals surface area contributed by atoms with E-state index in [1.54, 1.807) is 6.20 Å². The molecule has 0 fully saturated rings. The summed E-state index contributed by atoms with van der Waals surface area (Å²) in [5.41, 5.74) is 1.82. The molecule has 0 radical (unpaired) electrons. The fraction of sp³-hybridized carbons (Fsp3) is 0.154. The van der Waals surface area contributed by atoms with Crippen molar-refractivity contribution < 1.29 is 9.59 Å². The summed E-state index contributed by atoms with van der Waals surface area (Å²) in [6.45, 7) is 2.03. The lowest BCUT2D eigenvalue weighted by Gasteiger charge is -2.07. The second-order valence-electron chi connectivity index (χ2n) is 3.95. The summed E-state index contributed by atoms with van der Waals surface area (Å²) in [6.07, 6.45) is 3.71. The number of amides is 1. The third kappa shape index (κ3) is 2.82. The van der Waals surface area contributed by atoms with E-state index in [1.807, 2.05) is 31.2 Å². The smallest absolute Gasteiger partial charge is 0.244 e. The van der Waals surface area contributed by atoms with Gasteiger partial charge in [-0.05, 0) is 24.6 Å². The summed E-state index contributed by atoms with van der Waals surface area (Å²) in [4.78, 5) is 26.3. The molecule has 1 N–H and O–H groups in total. The van der Waals surface area contributed by atoms with Crippen molar-refractivity contribution in [1.29, 1.82) is 0 Å². The van der Waals surface area contributed by atoms with Crippen LogP contribution in [0.25, 0.3) is 0 Å². The van der Waals surface area contributed by atoms with E-state index in [0.717, 1.165) is 11.3 Å². The number of carbonyl (C=O) groups is 2. The number of rotatable bonds is 4. The highest BCUT2D eigenvalue weighted by molar-refractivity contribution is 5.91. The lowest BCUT2D eigenvalue weighted by molar-refractivity contribution is -0.116. The van der Waals surface area contributed by atoms with Gasteiger partial charge in [0.2, 0.25) is 5.91 Å². The van der Waals surface area contributed by atoms with Gasteiger partial charge in [-0.25, -0.2) is 4.98 Å². The number of hydrogen-bond donors (Lipinski definition) is 1. The van der Waals surface area contributed by atoms with Gasteiger partial charge < -0.3 is 9.88 Å². The molecular formula is C13H13N3O2. The van der Waals surface area contributed by atoms with Crippen LogP contribution in [0.2, 0.25) is 0 Å². The Morgan fingerprint density at radius 2 is 2.33 bits per heavy atom. The Bertz CT molecular complexity index is 575. The molecule has 92 valence electrons. The van der Waals surface area contributed by atoms with Gasteiger partial charge in [0.05, 0.1) is 0 Å². The maximum atomic E-state index is 11.8. The first kappa shape index (κ1) is 12.0. The molecule has 0 atom stereocenters. The Morgan fingerprint density at radius 1 is 1.50 bits per heavy atom. The highest BCUT2D eigenvalue weighted by Crippen LogP contribution is 2.09. The van der Waals surface area contributed by atoms with Gasteiger partial charge in [-0.15, -0.1) is 0 Å². The lowest BCUT2D eigenvalue weighted by atomic mass is 10.2. The highest BCUT2D eigenvalue weighted by atomic mass is 16.2. The molecule has 0 spiro atoms. The highest BCUT2D eigenvalue weighted by Gasteiger charge is 2.07. The molecule has 0 aliphatic heterocycles. The number of aryl methyl sites for hydroxylation is 1. The summed E-state index contributed by atoms with van der Waals surface area (Å²) in [5.74, 6) is 0.0519. The zero-order chi connectivity index (χ0) is 13.0. The molecule has 1 amide bonds. The first-order valence-corrected chi connectivity index (χ1v) is 5.52. The van der Waals surface area contributed by atoms with E-state index in [4.69, 9.17) is 0 Å². The van der Waals surface area contributed by atoms with Gasteiger partial charge in [0.1, 0.15) is 6.54 Å².